The van der Waals surface area contributed by atoms with Gasteiger partial charge in [0.25, 0.3) is 0 Å². The van der Waals surface area contributed by atoms with Crippen LogP contribution in [0.25, 0.3) is 33.3 Å². The van der Waals surface area contributed by atoms with Crippen LogP contribution in [0.4, 0.5) is 0 Å². The summed E-state index contributed by atoms with van der Waals surface area (Å²) in [5.74, 6) is -0.344. The summed E-state index contributed by atoms with van der Waals surface area (Å²) in [6, 6.07) is 17.8. The van der Waals surface area contributed by atoms with Crippen molar-refractivity contribution in [2.75, 3.05) is 7.11 Å². The summed E-state index contributed by atoms with van der Waals surface area (Å²) in [5.41, 5.74) is 6.77. The third-order valence-electron chi connectivity index (χ3n) is 4.58. The highest BCUT2D eigenvalue weighted by atomic mass is 16.5. The first-order chi connectivity index (χ1) is 12.7. The zero-order chi connectivity index (χ0) is 18.1. The van der Waals surface area contributed by atoms with Crippen molar-refractivity contribution in [3.63, 3.8) is 0 Å². The molecule has 26 heavy (non-hydrogen) atoms. The lowest BCUT2D eigenvalue weighted by atomic mass is 9.98. The van der Waals surface area contributed by atoms with Crippen molar-refractivity contribution >= 4 is 17.0 Å². The highest BCUT2D eigenvalue weighted by molar-refractivity contribution is 5.97. The molecule has 4 heteroatoms. The Morgan fingerprint density at radius 1 is 1.00 bits per heavy atom. The van der Waals surface area contributed by atoms with Gasteiger partial charge in [-0.3, -0.25) is 0 Å². The fraction of sp³-hybridized carbons (Fsp3) is 0.0909. The number of rotatable bonds is 3. The Morgan fingerprint density at radius 3 is 2.65 bits per heavy atom. The van der Waals surface area contributed by atoms with Gasteiger partial charge in [-0.2, -0.15) is 0 Å². The van der Waals surface area contributed by atoms with Gasteiger partial charge in [0.05, 0.1) is 12.7 Å². The maximum atomic E-state index is 11.8. The first-order valence-electron chi connectivity index (χ1n) is 8.39. The molecule has 1 N–H and O–H groups in total. The Morgan fingerprint density at radius 2 is 1.85 bits per heavy atom. The van der Waals surface area contributed by atoms with Crippen LogP contribution in [-0.2, 0) is 4.74 Å². The van der Waals surface area contributed by atoms with Gasteiger partial charge in [-0.25, -0.2) is 9.78 Å². The van der Waals surface area contributed by atoms with Crippen LogP contribution < -0.4 is 0 Å². The molecule has 0 amide bonds. The molecular weight excluding hydrogens is 324 g/mol. The molecule has 2 heterocycles. The number of H-pyrrole nitrogens is 1. The Bertz CT molecular complexity index is 1110. The first-order valence-corrected chi connectivity index (χ1v) is 8.39. The predicted molar refractivity (Wildman–Crippen MR) is 103 cm³/mol. The van der Waals surface area contributed by atoms with Crippen molar-refractivity contribution in [2.24, 2.45) is 0 Å². The van der Waals surface area contributed by atoms with Crippen molar-refractivity contribution < 1.29 is 9.53 Å². The molecule has 0 spiro atoms. The van der Waals surface area contributed by atoms with Crippen LogP contribution in [0.3, 0.4) is 0 Å². The molecule has 0 saturated carbocycles. The fourth-order valence-corrected chi connectivity index (χ4v) is 3.20. The maximum Gasteiger partial charge on any atom is 0.337 e. The third kappa shape index (κ3) is 2.75. The highest BCUT2D eigenvalue weighted by Gasteiger charge is 2.12. The largest absolute Gasteiger partial charge is 0.465 e. The molecule has 0 saturated heterocycles. The van der Waals surface area contributed by atoms with Gasteiger partial charge < -0.3 is 9.72 Å². The number of hydrogen-bond acceptors (Lipinski definition) is 3. The Kier molecular flexibility index (Phi) is 4.01. The topological polar surface area (TPSA) is 55.0 Å². The van der Waals surface area contributed by atoms with Crippen LogP contribution in [0.1, 0.15) is 15.9 Å². The normalized spacial score (nSPS) is 10.8. The molecule has 4 aromatic rings. The number of aromatic nitrogens is 2. The zero-order valence-electron chi connectivity index (χ0n) is 14.6. The first kappa shape index (κ1) is 16.1. The average molecular weight is 342 g/mol. The summed E-state index contributed by atoms with van der Waals surface area (Å²) >= 11 is 0. The molecular formula is C22H18N2O2. The number of ether oxygens (including phenoxy) is 1. The highest BCUT2D eigenvalue weighted by Crippen LogP contribution is 2.32. The smallest absolute Gasteiger partial charge is 0.337 e. The molecule has 0 radical (unpaired) electrons. The van der Waals surface area contributed by atoms with E-state index in [-0.39, 0.29) is 5.97 Å². The van der Waals surface area contributed by atoms with E-state index in [1.54, 1.807) is 6.07 Å². The number of carbonyl (C=O) groups excluding carboxylic acids is 1. The summed E-state index contributed by atoms with van der Waals surface area (Å²) in [6.07, 6.45) is 3.81. The molecule has 0 atom stereocenters. The summed E-state index contributed by atoms with van der Waals surface area (Å²) < 4.78 is 4.82. The number of benzene rings is 2. The molecule has 0 aliphatic carbocycles. The Balaban J connectivity index is 1.85. The second kappa shape index (κ2) is 6.48. The number of carbonyl (C=O) groups is 1. The monoisotopic (exact) mass is 342 g/mol. The van der Waals surface area contributed by atoms with Crippen molar-refractivity contribution in [1.82, 2.24) is 9.97 Å². The van der Waals surface area contributed by atoms with Crippen LogP contribution in [0.2, 0.25) is 0 Å². The minimum absolute atomic E-state index is 0.344. The van der Waals surface area contributed by atoms with E-state index in [0.29, 0.717) is 5.56 Å². The van der Waals surface area contributed by atoms with Gasteiger partial charge in [0.1, 0.15) is 5.65 Å². The van der Waals surface area contributed by atoms with Gasteiger partial charge in [0, 0.05) is 28.9 Å². The summed E-state index contributed by atoms with van der Waals surface area (Å²) in [4.78, 5) is 19.6. The molecule has 0 aliphatic rings. The van der Waals surface area contributed by atoms with Crippen LogP contribution >= 0.6 is 0 Å². The van der Waals surface area contributed by atoms with Crippen LogP contribution in [0.15, 0.2) is 67.0 Å². The SMILES string of the molecule is COC(=O)c1cccc(-c2cnc3[nH]cc(-c4ccccc4C)c3c2)c1. The van der Waals surface area contributed by atoms with E-state index in [2.05, 4.69) is 35.1 Å². The molecule has 0 bridgehead atoms. The molecule has 2 aromatic carbocycles. The number of esters is 1. The van der Waals surface area contributed by atoms with Crippen molar-refractivity contribution in [3.8, 4) is 22.3 Å². The van der Waals surface area contributed by atoms with Gasteiger partial charge in [-0.15, -0.1) is 0 Å². The second-order valence-corrected chi connectivity index (χ2v) is 6.21. The fourth-order valence-electron chi connectivity index (χ4n) is 3.20. The van der Waals surface area contributed by atoms with E-state index in [9.17, 15) is 4.79 Å². The molecule has 0 aliphatic heterocycles. The van der Waals surface area contributed by atoms with E-state index >= 15 is 0 Å². The third-order valence-corrected chi connectivity index (χ3v) is 4.58. The number of nitrogens with one attached hydrogen (secondary N) is 1. The number of fused-ring (bicyclic) bond motifs is 1. The minimum atomic E-state index is -0.344. The lowest BCUT2D eigenvalue weighted by Crippen LogP contribution is -2.00. The summed E-state index contributed by atoms with van der Waals surface area (Å²) in [6.45, 7) is 2.10. The number of nitrogens with zero attached hydrogens (tertiary/aromatic N) is 1. The standard InChI is InChI=1S/C22H18N2O2/c1-14-6-3-4-9-18(14)20-13-24-21-19(20)11-17(12-23-21)15-7-5-8-16(10-15)22(25)26-2/h3-13H,1-2H3,(H,23,24). The van der Waals surface area contributed by atoms with Gasteiger partial charge in [-0.05, 0) is 41.8 Å². The molecule has 0 fully saturated rings. The summed E-state index contributed by atoms with van der Waals surface area (Å²) in [5, 5.41) is 1.06. The van der Waals surface area contributed by atoms with Crippen molar-refractivity contribution in [3.05, 3.63) is 78.1 Å². The average Bonchev–Trinajstić information content (AvgIpc) is 3.11. The predicted octanol–water partition coefficient (Wildman–Crippen LogP) is 4.99. The maximum absolute atomic E-state index is 11.8. The van der Waals surface area contributed by atoms with E-state index < -0.39 is 0 Å². The Hall–Kier alpha value is -3.40. The number of pyridine rings is 1. The second-order valence-electron chi connectivity index (χ2n) is 6.21. The van der Waals surface area contributed by atoms with E-state index in [0.717, 1.165) is 27.7 Å². The van der Waals surface area contributed by atoms with Gasteiger partial charge in [0.2, 0.25) is 0 Å². The van der Waals surface area contributed by atoms with Gasteiger partial charge >= 0.3 is 5.97 Å². The lowest BCUT2D eigenvalue weighted by Gasteiger charge is -2.07. The molecule has 128 valence electrons. The van der Waals surface area contributed by atoms with E-state index in [1.807, 2.05) is 42.7 Å². The minimum Gasteiger partial charge on any atom is -0.465 e. The number of methoxy groups -OCH3 is 1. The summed E-state index contributed by atoms with van der Waals surface area (Å²) in [7, 11) is 1.39. The van der Waals surface area contributed by atoms with Crippen molar-refractivity contribution in [2.45, 2.75) is 6.92 Å². The van der Waals surface area contributed by atoms with Gasteiger partial charge in [-0.1, -0.05) is 36.4 Å². The molecule has 2 aromatic heterocycles. The Labute approximate surface area is 151 Å². The number of aromatic amines is 1. The zero-order valence-corrected chi connectivity index (χ0v) is 14.6. The quantitative estimate of drug-likeness (QED) is 0.534. The van der Waals surface area contributed by atoms with Crippen LogP contribution in [-0.4, -0.2) is 23.0 Å². The lowest BCUT2D eigenvalue weighted by molar-refractivity contribution is 0.0601. The van der Waals surface area contributed by atoms with E-state index in [4.69, 9.17) is 4.74 Å². The van der Waals surface area contributed by atoms with Gasteiger partial charge in [0.15, 0.2) is 0 Å². The molecule has 0 unspecified atom stereocenters. The molecule has 4 rings (SSSR count). The van der Waals surface area contributed by atoms with Crippen LogP contribution in [0.5, 0.6) is 0 Å². The van der Waals surface area contributed by atoms with E-state index in [1.165, 1.54) is 18.2 Å². The number of hydrogen-bond donors (Lipinski definition) is 1. The molecule has 4 nitrogen and oxygen atoms in total. The van der Waals surface area contributed by atoms with Crippen LogP contribution in [0, 0.1) is 6.92 Å². The van der Waals surface area contributed by atoms with Crippen molar-refractivity contribution in [1.29, 1.82) is 0 Å². The number of aryl methyl sites for hydroxylation is 1.